The predicted molar refractivity (Wildman–Crippen MR) is 225 cm³/mol. The summed E-state index contributed by atoms with van der Waals surface area (Å²) < 4.78 is 11.9. The molecule has 0 bridgehead atoms. The summed E-state index contributed by atoms with van der Waals surface area (Å²) in [6.45, 7) is 7.29. The number of esters is 1. The maximum atomic E-state index is 13.8. The molecule has 0 N–H and O–H groups in total. The summed E-state index contributed by atoms with van der Waals surface area (Å²) in [6.07, 6.45) is 30.7. The first-order valence-corrected chi connectivity index (χ1v) is 22.6. The molecule has 0 unspecified atom stereocenters. The molecule has 2 aliphatic rings. The van der Waals surface area contributed by atoms with E-state index in [2.05, 4.69) is 36.8 Å². The number of benzene rings is 1. The number of amides is 1. The second-order valence-corrected chi connectivity index (χ2v) is 16.9. The highest BCUT2D eigenvalue weighted by Gasteiger charge is 2.32. The van der Waals surface area contributed by atoms with Crippen molar-refractivity contribution in [2.45, 2.75) is 168 Å². The number of likely N-dealkylation sites (N-methyl/N-ethyl adjacent to an activating group) is 1. The Morgan fingerprint density at radius 3 is 1.72 bits per heavy atom. The minimum absolute atomic E-state index is 0.323. The van der Waals surface area contributed by atoms with Gasteiger partial charge >= 0.3 is 12.1 Å². The normalized spacial score (nSPS) is 14.4. The summed E-state index contributed by atoms with van der Waals surface area (Å²) in [5.74, 6) is 0.453. The highest BCUT2D eigenvalue weighted by atomic mass is 32.1. The quantitative estimate of drug-likeness (QED) is 0.0512. The Bertz CT molecular complexity index is 1480. The number of unbranched alkanes of at least 4 members (excludes halogenated alkanes) is 22. The van der Waals surface area contributed by atoms with Crippen LogP contribution in [0.15, 0.2) is 35.3 Å². The third-order valence-electron chi connectivity index (χ3n) is 11.0. The van der Waals surface area contributed by atoms with Gasteiger partial charge < -0.3 is 19.3 Å². The zero-order valence-electron chi connectivity index (χ0n) is 34.2. The number of nitrogens with zero attached hydrogens (tertiary/aromatic N) is 4. The second kappa shape index (κ2) is 26.0. The van der Waals surface area contributed by atoms with E-state index < -0.39 is 12.9 Å². The Balaban J connectivity index is 1.02. The molecule has 1 fully saturated rings. The fourth-order valence-corrected chi connectivity index (χ4v) is 8.57. The van der Waals surface area contributed by atoms with Gasteiger partial charge in [0.15, 0.2) is 0 Å². The number of piperazine rings is 1. The summed E-state index contributed by atoms with van der Waals surface area (Å²) in [7, 11) is 2.11. The van der Waals surface area contributed by atoms with E-state index >= 15 is 0 Å². The highest BCUT2D eigenvalue weighted by Crippen LogP contribution is 2.34. The number of fused-ring (bicyclic) bond motifs is 2. The maximum Gasteiger partial charge on any atom is 0.423 e. The number of hydrogen-bond donors (Lipinski definition) is 0. The number of ether oxygens (including phenoxy) is 2. The van der Waals surface area contributed by atoms with Crippen molar-refractivity contribution in [3.8, 4) is 0 Å². The number of anilines is 1. The van der Waals surface area contributed by atoms with E-state index in [1.807, 2.05) is 24.3 Å². The van der Waals surface area contributed by atoms with Gasteiger partial charge in [0.05, 0.1) is 16.6 Å². The second-order valence-electron chi connectivity index (χ2n) is 15.7. The smallest absolute Gasteiger partial charge is 0.423 e. The first kappa shape index (κ1) is 43.8. The van der Waals surface area contributed by atoms with Gasteiger partial charge in [0.25, 0.3) is 0 Å². The number of aryl methyl sites for hydroxylation is 1. The van der Waals surface area contributed by atoms with Crippen LogP contribution in [0.1, 0.15) is 166 Å². The van der Waals surface area contributed by atoms with Gasteiger partial charge in [-0.15, -0.1) is 11.3 Å². The zero-order valence-corrected chi connectivity index (χ0v) is 35.0. The standard InChI is InChI=1S/C45H72N4O4S/c1-4-5-6-7-8-9-10-11-12-13-14-15-16-17-18-19-20-21-22-23-24-25-26-31-42(50)52-37-53-45(51)49-41-30-28-27-29-40(41)46-43-39(36-38(2)54-43)44(49)48-34-32-47(3)33-35-48/h27-30,36H,4-26,31-35,37H2,1-3H3. The van der Waals surface area contributed by atoms with E-state index in [-0.39, 0.29) is 5.97 Å². The largest absolute Gasteiger partial charge is 0.428 e. The van der Waals surface area contributed by atoms with Crippen molar-refractivity contribution in [1.82, 2.24) is 9.80 Å². The lowest BCUT2D eigenvalue weighted by molar-refractivity contribution is -0.151. The molecule has 54 heavy (non-hydrogen) atoms. The molecular formula is C45H72N4O4S. The molecule has 2 aromatic rings. The van der Waals surface area contributed by atoms with Gasteiger partial charge in [0, 0.05) is 37.5 Å². The van der Waals surface area contributed by atoms with Crippen LogP contribution in [0.3, 0.4) is 0 Å². The van der Waals surface area contributed by atoms with Crippen LogP contribution in [-0.4, -0.2) is 61.9 Å². The van der Waals surface area contributed by atoms with Crippen molar-refractivity contribution in [3.05, 3.63) is 45.1 Å². The maximum absolute atomic E-state index is 13.8. The minimum atomic E-state index is -0.573. The summed E-state index contributed by atoms with van der Waals surface area (Å²) in [6, 6.07) is 9.75. The Morgan fingerprint density at radius 1 is 0.685 bits per heavy atom. The van der Waals surface area contributed by atoms with Gasteiger partial charge in [0.2, 0.25) is 6.79 Å². The van der Waals surface area contributed by atoms with Crippen LogP contribution in [0.2, 0.25) is 0 Å². The lowest BCUT2D eigenvalue weighted by Gasteiger charge is -2.38. The van der Waals surface area contributed by atoms with Gasteiger partial charge in [-0.2, -0.15) is 0 Å². The SMILES string of the molecule is CCCCCCCCCCCCCCCCCCCCCCCCCC(=O)OCOC(=O)N1C(N2CCN(C)CC2)=c2cc(C)sc2=Nc2ccccc21. The third kappa shape index (κ3) is 15.7. The average molecular weight is 765 g/mol. The predicted octanol–water partition coefficient (Wildman–Crippen LogP) is 11.2. The molecule has 0 spiro atoms. The summed E-state index contributed by atoms with van der Waals surface area (Å²) in [4.78, 5) is 38.6. The molecule has 9 heteroatoms. The van der Waals surface area contributed by atoms with Crippen LogP contribution < -0.4 is 14.8 Å². The summed E-state index contributed by atoms with van der Waals surface area (Å²) in [5.41, 5.74) is 1.37. The molecule has 1 aromatic carbocycles. The van der Waals surface area contributed by atoms with Crippen LogP contribution in [0.4, 0.5) is 16.2 Å². The van der Waals surface area contributed by atoms with E-state index in [0.717, 1.165) is 66.0 Å². The van der Waals surface area contributed by atoms with Crippen LogP contribution in [0.5, 0.6) is 0 Å². The lowest BCUT2D eigenvalue weighted by atomic mass is 10.0. The fraction of sp³-hybridized carbons (Fsp3) is 0.711. The Hall–Kier alpha value is -2.91. The van der Waals surface area contributed by atoms with Gasteiger partial charge in [-0.3, -0.25) is 4.79 Å². The van der Waals surface area contributed by atoms with Crippen LogP contribution in [0, 0.1) is 6.92 Å². The number of thiophene rings is 1. The van der Waals surface area contributed by atoms with E-state index in [0.29, 0.717) is 17.8 Å². The number of carbonyl (C=O) groups is 2. The van der Waals surface area contributed by atoms with Crippen molar-refractivity contribution < 1.29 is 19.1 Å². The monoisotopic (exact) mass is 765 g/mol. The van der Waals surface area contributed by atoms with Crippen LogP contribution >= 0.6 is 11.3 Å². The Kier molecular flexibility index (Phi) is 21.1. The van der Waals surface area contributed by atoms with E-state index in [4.69, 9.17) is 14.5 Å². The van der Waals surface area contributed by atoms with E-state index in [1.165, 1.54) is 128 Å². The highest BCUT2D eigenvalue weighted by molar-refractivity contribution is 7.09. The zero-order chi connectivity index (χ0) is 38.2. The molecule has 0 saturated carbocycles. The number of para-hydroxylation sites is 2. The number of carbonyl (C=O) groups excluding carboxylic acids is 2. The van der Waals surface area contributed by atoms with Gasteiger partial charge in [0.1, 0.15) is 10.5 Å². The van der Waals surface area contributed by atoms with E-state index in [9.17, 15) is 9.59 Å². The molecular weight excluding hydrogens is 693 g/mol. The molecule has 1 aromatic heterocycles. The average Bonchev–Trinajstić information content (AvgIpc) is 3.47. The molecule has 0 atom stereocenters. The van der Waals surface area contributed by atoms with Crippen LogP contribution in [-0.2, 0) is 14.3 Å². The van der Waals surface area contributed by atoms with Gasteiger partial charge in [-0.1, -0.05) is 160 Å². The molecule has 0 aliphatic carbocycles. The molecule has 2 aliphatic heterocycles. The first-order valence-electron chi connectivity index (χ1n) is 21.8. The van der Waals surface area contributed by atoms with Crippen molar-refractivity contribution in [2.75, 3.05) is 44.9 Å². The topological polar surface area (TPSA) is 74.7 Å². The Morgan fingerprint density at radius 2 is 1.19 bits per heavy atom. The molecule has 1 amide bonds. The van der Waals surface area contributed by atoms with Crippen molar-refractivity contribution in [2.24, 2.45) is 4.99 Å². The molecule has 302 valence electrons. The lowest BCUT2D eigenvalue weighted by Crippen LogP contribution is -2.51. The molecule has 4 rings (SSSR count). The van der Waals surface area contributed by atoms with Gasteiger partial charge in [-0.05, 0) is 38.6 Å². The molecule has 3 heterocycles. The Labute approximate surface area is 331 Å². The molecule has 8 nitrogen and oxygen atoms in total. The fourth-order valence-electron chi connectivity index (χ4n) is 7.69. The van der Waals surface area contributed by atoms with Crippen molar-refractivity contribution in [1.29, 1.82) is 0 Å². The number of hydrogen-bond acceptors (Lipinski definition) is 8. The summed E-state index contributed by atoms with van der Waals surface area (Å²) >= 11 is 1.62. The number of rotatable bonds is 27. The van der Waals surface area contributed by atoms with Crippen LogP contribution in [0.25, 0.3) is 5.82 Å². The molecule has 1 saturated heterocycles. The van der Waals surface area contributed by atoms with E-state index in [1.54, 1.807) is 16.2 Å². The minimum Gasteiger partial charge on any atom is -0.428 e. The first-order chi connectivity index (χ1) is 26.5. The van der Waals surface area contributed by atoms with Crippen molar-refractivity contribution >= 4 is 40.6 Å². The third-order valence-corrected chi connectivity index (χ3v) is 11.9. The van der Waals surface area contributed by atoms with Gasteiger partial charge in [-0.25, -0.2) is 14.7 Å². The molecule has 0 radical (unpaired) electrons. The summed E-state index contributed by atoms with van der Waals surface area (Å²) in [5, 5.41) is 0.924. The van der Waals surface area contributed by atoms with Crippen molar-refractivity contribution in [3.63, 3.8) is 0 Å².